The zero-order chi connectivity index (χ0) is 14.2. The van der Waals surface area contributed by atoms with E-state index >= 15 is 0 Å². The van der Waals surface area contributed by atoms with Gasteiger partial charge in [0.25, 0.3) is 0 Å². The Kier molecular flexibility index (Phi) is 4.06. The monoisotopic (exact) mass is 344 g/mol. The van der Waals surface area contributed by atoms with Gasteiger partial charge in [-0.1, -0.05) is 17.7 Å². The van der Waals surface area contributed by atoms with Crippen molar-refractivity contribution >= 4 is 33.3 Å². The molecule has 0 amide bonds. The van der Waals surface area contributed by atoms with Crippen molar-refractivity contribution in [1.82, 2.24) is 9.78 Å². The van der Waals surface area contributed by atoms with Crippen LogP contribution >= 0.6 is 27.5 Å². The van der Waals surface area contributed by atoms with Crippen LogP contribution in [0.2, 0.25) is 5.02 Å². The lowest BCUT2D eigenvalue weighted by Gasteiger charge is -2.06. The van der Waals surface area contributed by atoms with Crippen LogP contribution in [-0.4, -0.2) is 15.6 Å². The molecule has 0 bridgehead atoms. The number of aromatic nitrogens is 2. The number of halogens is 3. The molecular formula is C13H11BrClFN2O. The Morgan fingerprint density at radius 3 is 2.74 bits per heavy atom. The van der Waals surface area contributed by atoms with Gasteiger partial charge < -0.3 is 0 Å². The lowest BCUT2D eigenvalue weighted by Crippen LogP contribution is -2.10. The highest BCUT2D eigenvalue weighted by Crippen LogP contribution is 2.25. The van der Waals surface area contributed by atoms with Gasteiger partial charge in [-0.2, -0.15) is 5.10 Å². The lowest BCUT2D eigenvalue weighted by atomic mass is 10.1. The molecule has 1 heterocycles. The van der Waals surface area contributed by atoms with Gasteiger partial charge in [0.15, 0.2) is 5.78 Å². The number of nitrogens with zero attached hydrogens (tertiary/aromatic N) is 2. The van der Waals surface area contributed by atoms with Gasteiger partial charge in [0.1, 0.15) is 5.82 Å². The number of benzene rings is 1. The number of Topliss-reactive ketones (excluding diaryl/α,β-unsaturated/α-hetero) is 1. The number of aryl methyl sites for hydroxylation is 2. The van der Waals surface area contributed by atoms with Gasteiger partial charge in [-0.3, -0.25) is 9.48 Å². The fourth-order valence-corrected chi connectivity index (χ4v) is 2.62. The summed E-state index contributed by atoms with van der Waals surface area (Å²) in [6, 6.07) is 4.20. The van der Waals surface area contributed by atoms with Crippen LogP contribution in [0.1, 0.15) is 21.7 Å². The molecular weight excluding hydrogens is 335 g/mol. The highest BCUT2D eigenvalue weighted by Gasteiger charge is 2.20. The average Bonchev–Trinajstić information content (AvgIpc) is 2.56. The minimum atomic E-state index is -0.604. The van der Waals surface area contributed by atoms with E-state index in [9.17, 15) is 9.18 Å². The number of carbonyl (C=O) groups excluding carboxylic acids is 1. The highest BCUT2D eigenvalue weighted by molar-refractivity contribution is 9.10. The van der Waals surface area contributed by atoms with Crippen molar-refractivity contribution in [2.75, 3.05) is 0 Å². The molecule has 0 radical (unpaired) electrons. The standard InChI is InChI=1S/C13H11BrClFN2O/c1-7-13(14)10(18(2)17-7)6-11(19)12-8(15)4-3-5-9(12)16/h3-5H,6H2,1-2H3. The zero-order valence-corrected chi connectivity index (χ0v) is 12.7. The van der Waals surface area contributed by atoms with Crippen LogP contribution in [-0.2, 0) is 13.5 Å². The molecule has 0 aliphatic rings. The maximum absolute atomic E-state index is 13.7. The van der Waals surface area contributed by atoms with Crippen LogP contribution in [0.5, 0.6) is 0 Å². The lowest BCUT2D eigenvalue weighted by molar-refractivity contribution is 0.0987. The largest absolute Gasteiger partial charge is 0.294 e. The molecule has 1 aromatic heterocycles. The highest BCUT2D eigenvalue weighted by atomic mass is 79.9. The van der Waals surface area contributed by atoms with E-state index in [2.05, 4.69) is 21.0 Å². The Hall–Kier alpha value is -1.20. The van der Waals surface area contributed by atoms with E-state index in [1.165, 1.54) is 18.2 Å². The third kappa shape index (κ3) is 2.72. The van der Waals surface area contributed by atoms with Crippen molar-refractivity contribution < 1.29 is 9.18 Å². The van der Waals surface area contributed by atoms with Gasteiger partial charge in [0, 0.05) is 7.05 Å². The van der Waals surface area contributed by atoms with Gasteiger partial charge in [-0.05, 0) is 35.0 Å². The smallest absolute Gasteiger partial charge is 0.173 e. The summed E-state index contributed by atoms with van der Waals surface area (Å²) in [7, 11) is 1.74. The first kappa shape index (κ1) is 14.2. The summed E-state index contributed by atoms with van der Waals surface area (Å²) < 4.78 is 16.0. The Balaban J connectivity index is 2.36. The number of rotatable bonds is 3. The van der Waals surface area contributed by atoms with Crippen molar-refractivity contribution in [2.45, 2.75) is 13.3 Å². The third-order valence-electron chi connectivity index (χ3n) is 2.83. The first-order chi connectivity index (χ1) is 8.91. The maximum Gasteiger partial charge on any atom is 0.173 e. The molecule has 0 atom stereocenters. The maximum atomic E-state index is 13.7. The average molecular weight is 346 g/mol. The Bertz CT molecular complexity index is 634. The fraction of sp³-hybridized carbons (Fsp3) is 0.231. The van der Waals surface area contributed by atoms with Crippen LogP contribution in [0.4, 0.5) is 4.39 Å². The topological polar surface area (TPSA) is 34.9 Å². The summed E-state index contributed by atoms with van der Waals surface area (Å²) in [5.74, 6) is -0.973. The van der Waals surface area contributed by atoms with E-state index in [0.717, 1.165) is 10.2 Å². The van der Waals surface area contributed by atoms with Crippen molar-refractivity contribution in [3.05, 3.63) is 50.5 Å². The van der Waals surface area contributed by atoms with E-state index in [0.29, 0.717) is 5.69 Å². The molecule has 0 spiro atoms. The third-order valence-corrected chi connectivity index (χ3v) is 4.18. The summed E-state index contributed by atoms with van der Waals surface area (Å²) in [6.07, 6.45) is 0.0403. The van der Waals surface area contributed by atoms with E-state index in [1.54, 1.807) is 11.7 Å². The molecule has 0 fully saturated rings. The molecule has 0 saturated carbocycles. The van der Waals surface area contributed by atoms with Gasteiger partial charge >= 0.3 is 0 Å². The second kappa shape index (κ2) is 5.43. The van der Waals surface area contributed by atoms with Gasteiger partial charge in [0.05, 0.1) is 32.9 Å². The van der Waals surface area contributed by atoms with Crippen LogP contribution < -0.4 is 0 Å². The molecule has 6 heteroatoms. The number of carbonyl (C=O) groups is 1. The molecule has 0 N–H and O–H groups in total. The molecule has 1 aromatic carbocycles. The van der Waals surface area contributed by atoms with Gasteiger partial charge in [-0.25, -0.2) is 4.39 Å². The molecule has 0 aliphatic carbocycles. The van der Waals surface area contributed by atoms with Crippen molar-refractivity contribution in [3.8, 4) is 0 Å². The Labute approximate surface area is 123 Å². The second-order valence-corrected chi connectivity index (χ2v) is 5.37. The molecule has 3 nitrogen and oxygen atoms in total. The minimum Gasteiger partial charge on any atom is -0.294 e. The van der Waals surface area contributed by atoms with Gasteiger partial charge in [-0.15, -0.1) is 0 Å². The van der Waals surface area contributed by atoms with Crippen molar-refractivity contribution in [1.29, 1.82) is 0 Å². The molecule has 2 aromatic rings. The second-order valence-electron chi connectivity index (χ2n) is 4.17. The normalized spacial score (nSPS) is 10.8. The summed E-state index contributed by atoms with van der Waals surface area (Å²) in [5, 5.41) is 4.32. The predicted octanol–water partition coefficient (Wildman–Crippen LogP) is 3.71. The van der Waals surface area contributed by atoms with Crippen LogP contribution in [0, 0.1) is 12.7 Å². The number of hydrogen-bond donors (Lipinski definition) is 0. The minimum absolute atomic E-state index is 0.0403. The summed E-state index contributed by atoms with van der Waals surface area (Å²) in [6.45, 7) is 1.83. The van der Waals surface area contributed by atoms with E-state index in [-0.39, 0.29) is 22.8 Å². The number of hydrogen-bond acceptors (Lipinski definition) is 2. The molecule has 0 saturated heterocycles. The van der Waals surface area contributed by atoms with Crippen LogP contribution in [0.25, 0.3) is 0 Å². The van der Waals surface area contributed by atoms with Crippen molar-refractivity contribution in [2.24, 2.45) is 7.05 Å². The van der Waals surface area contributed by atoms with Crippen LogP contribution in [0.15, 0.2) is 22.7 Å². The molecule has 0 aliphatic heterocycles. The summed E-state index contributed by atoms with van der Waals surface area (Å²) in [5.41, 5.74) is 1.40. The van der Waals surface area contributed by atoms with Crippen molar-refractivity contribution in [3.63, 3.8) is 0 Å². The first-order valence-corrected chi connectivity index (χ1v) is 6.74. The first-order valence-electron chi connectivity index (χ1n) is 5.57. The molecule has 100 valence electrons. The molecule has 2 rings (SSSR count). The number of ketones is 1. The quantitative estimate of drug-likeness (QED) is 0.795. The Morgan fingerprint density at radius 2 is 2.21 bits per heavy atom. The predicted molar refractivity (Wildman–Crippen MR) is 75.1 cm³/mol. The SMILES string of the molecule is Cc1nn(C)c(CC(=O)c2c(F)cccc2Cl)c1Br. The van der Waals surface area contributed by atoms with Gasteiger partial charge in [0.2, 0.25) is 0 Å². The van der Waals surface area contributed by atoms with E-state index < -0.39 is 5.82 Å². The Morgan fingerprint density at radius 1 is 1.53 bits per heavy atom. The fourth-order valence-electron chi connectivity index (χ4n) is 1.88. The summed E-state index contributed by atoms with van der Waals surface area (Å²) >= 11 is 9.26. The molecule has 0 unspecified atom stereocenters. The zero-order valence-electron chi connectivity index (χ0n) is 10.4. The molecule has 19 heavy (non-hydrogen) atoms. The van der Waals surface area contributed by atoms with Crippen LogP contribution in [0.3, 0.4) is 0 Å². The van der Waals surface area contributed by atoms with E-state index in [1.807, 2.05) is 6.92 Å². The summed E-state index contributed by atoms with van der Waals surface area (Å²) in [4.78, 5) is 12.2. The van der Waals surface area contributed by atoms with E-state index in [4.69, 9.17) is 11.6 Å².